The van der Waals surface area contributed by atoms with Crippen LogP contribution in [0.3, 0.4) is 0 Å². The predicted molar refractivity (Wildman–Crippen MR) is 72.2 cm³/mol. The molecule has 1 atom stereocenters. The SMILES string of the molecule is CC(C)[C@@H]1CN(c2ccc(C(=O)O)cc2)CCN1. The van der Waals surface area contributed by atoms with E-state index in [2.05, 4.69) is 24.1 Å². The van der Waals surface area contributed by atoms with Gasteiger partial charge in [-0.05, 0) is 30.2 Å². The smallest absolute Gasteiger partial charge is 0.335 e. The van der Waals surface area contributed by atoms with Crippen molar-refractivity contribution in [1.29, 1.82) is 0 Å². The van der Waals surface area contributed by atoms with Crippen LogP contribution in [0.5, 0.6) is 0 Å². The number of rotatable bonds is 3. The molecule has 2 N–H and O–H groups in total. The third-order valence-electron chi connectivity index (χ3n) is 3.49. The molecule has 1 heterocycles. The molecule has 18 heavy (non-hydrogen) atoms. The highest BCUT2D eigenvalue weighted by atomic mass is 16.4. The maximum atomic E-state index is 10.8. The van der Waals surface area contributed by atoms with Gasteiger partial charge in [-0.2, -0.15) is 0 Å². The average molecular weight is 248 g/mol. The molecule has 4 heteroatoms. The van der Waals surface area contributed by atoms with Gasteiger partial charge in [0, 0.05) is 31.4 Å². The molecule has 1 aromatic rings. The molecule has 0 aliphatic carbocycles. The molecule has 0 spiro atoms. The Bertz CT molecular complexity index is 414. The Kier molecular flexibility index (Phi) is 3.87. The van der Waals surface area contributed by atoms with Crippen molar-refractivity contribution < 1.29 is 9.90 Å². The number of carbonyl (C=O) groups is 1. The molecular weight excluding hydrogens is 228 g/mol. The Hall–Kier alpha value is -1.55. The minimum Gasteiger partial charge on any atom is -0.478 e. The van der Waals surface area contributed by atoms with Crippen LogP contribution in [0, 0.1) is 5.92 Å². The monoisotopic (exact) mass is 248 g/mol. The van der Waals surface area contributed by atoms with Gasteiger partial charge in [0.15, 0.2) is 0 Å². The first-order valence-electron chi connectivity index (χ1n) is 6.39. The summed E-state index contributed by atoms with van der Waals surface area (Å²) in [6.45, 7) is 7.35. The van der Waals surface area contributed by atoms with Crippen molar-refractivity contribution in [2.45, 2.75) is 19.9 Å². The Morgan fingerprint density at radius 3 is 2.61 bits per heavy atom. The summed E-state index contributed by atoms with van der Waals surface area (Å²) in [5.41, 5.74) is 1.45. The topological polar surface area (TPSA) is 52.6 Å². The van der Waals surface area contributed by atoms with E-state index < -0.39 is 5.97 Å². The van der Waals surface area contributed by atoms with Gasteiger partial charge in [0.2, 0.25) is 0 Å². The van der Waals surface area contributed by atoms with Crippen LogP contribution < -0.4 is 10.2 Å². The number of anilines is 1. The second-order valence-corrected chi connectivity index (χ2v) is 5.10. The maximum absolute atomic E-state index is 10.8. The Balaban J connectivity index is 2.09. The number of nitrogens with zero attached hydrogens (tertiary/aromatic N) is 1. The molecule has 98 valence electrons. The fourth-order valence-electron chi connectivity index (χ4n) is 2.27. The lowest BCUT2D eigenvalue weighted by atomic mass is 10.0. The van der Waals surface area contributed by atoms with Crippen LogP contribution in [0.1, 0.15) is 24.2 Å². The third kappa shape index (κ3) is 2.82. The summed E-state index contributed by atoms with van der Waals surface area (Å²) in [6.07, 6.45) is 0. The number of carboxylic acids is 1. The fourth-order valence-corrected chi connectivity index (χ4v) is 2.27. The highest BCUT2D eigenvalue weighted by Gasteiger charge is 2.21. The average Bonchev–Trinajstić information content (AvgIpc) is 2.39. The summed E-state index contributed by atoms with van der Waals surface area (Å²) >= 11 is 0. The molecule has 1 fully saturated rings. The van der Waals surface area contributed by atoms with Crippen molar-refractivity contribution in [3.05, 3.63) is 29.8 Å². The van der Waals surface area contributed by atoms with Crippen molar-refractivity contribution in [2.75, 3.05) is 24.5 Å². The molecule has 0 amide bonds. The minimum absolute atomic E-state index is 0.342. The van der Waals surface area contributed by atoms with E-state index in [1.807, 2.05) is 12.1 Å². The van der Waals surface area contributed by atoms with Crippen molar-refractivity contribution in [2.24, 2.45) is 5.92 Å². The van der Waals surface area contributed by atoms with Gasteiger partial charge in [-0.15, -0.1) is 0 Å². The van der Waals surface area contributed by atoms with Crippen molar-refractivity contribution in [1.82, 2.24) is 5.32 Å². The van der Waals surface area contributed by atoms with Crippen LogP contribution in [0.15, 0.2) is 24.3 Å². The van der Waals surface area contributed by atoms with Crippen LogP contribution in [-0.2, 0) is 0 Å². The molecule has 0 saturated carbocycles. The zero-order chi connectivity index (χ0) is 13.1. The summed E-state index contributed by atoms with van der Waals surface area (Å²) in [6, 6.07) is 7.63. The normalized spacial score (nSPS) is 20.2. The largest absolute Gasteiger partial charge is 0.478 e. The standard InChI is InChI=1S/C14H20N2O2/c1-10(2)13-9-16(8-7-15-13)12-5-3-11(4-6-12)14(17)18/h3-6,10,13,15H,7-9H2,1-2H3,(H,17,18)/t13-/m0/s1. The molecule has 2 rings (SSSR count). The summed E-state index contributed by atoms with van der Waals surface area (Å²) in [5, 5.41) is 12.4. The lowest BCUT2D eigenvalue weighted by Gasteiger charge is -2.37. The van der Waals surface area contributed by atoms with Crippen LogP contribution >= 0.6 is 0 Å². The van der Waals surface area contributed by atoms with Crippen LogP contribution in [0.25, 0.3) is 0 Å². The first-order chi connectivity index (χ1) is 8.58. The summed E-state index contributed by atoms with van der Waals surface area (Å²) in [7, 11) is 0. The van der Waals surface area contributed by atoms with Crippen molar-refractivity contribution in [3.8, 4) is 0 Å². The molecule has 0 bridgehead atoms. The number of benzene rings is 1. The molecule has 0 radical (unpaired) electrons. The quantitative estimate of drug-likeness (QED) is 0.856. The summed E-state index contributed by atoms with van der Waals surface area (Å²) in [4.78, 5) is 13.1. The minimum atomic E-state index is -0.873. The van der Waals surface area contributed by atoms with Gasteiger partial charge < -0.3 is 15.3 Å². The van der Waals surface area contributed by atoms with Gasteiger partial charge in [-0.1, -0.05) is 13.8 Å². The first kappa shape index (κ1) is 12.9. The number of hydrogen-bond donors (Lipinski definition) is 2. The van der Waals surface area contributed by atoms with Crippen LogP contribution in [-0.4, -0.2) is 36.8 Å². The van der Waals surface area contributed by atoms with E-state index in [1.165, 1.54) is 0 Å². The number of carboxylic acid groups (broad SMARTS) is 1. The van der Waals surface area contributed by atoms with Crippen LogP contribution in [0.4, 0.5) is 5.69 Å². The summed E-state index contributed by atoms with van der Waals surface area (Å²) < 4.78 is 0. The maximum Gasteiger partial charge on any atom is 0.335 e. The van der Waals surface area contributed by atoms with E-state index in [-0.39, 0.29) is 0 Å². The molecule has 1 saturated heterocycles. The van der Waals surface area contributed by atoms with E-state index >= 15 is 0 Å². The van der Waals surface area contributed by atoms with E-state index in [4.69, 9.17) is 5.11 Å². The number of nitrogens with one attached hydrogen (secondary N) is 1. The molecule has 4 nitrogen and oxygen atoms in total. The zero-order valence-corrected chi connectivity index (χ0v) is 10.9. The van der Waals surface area contributed by atoms with E-state index in [0.29, 0.717) is 17.5 Å². The van der Waals surface area contributed by atoms with E-state index in [1.54, 1.807) is 12.1 Å². The summed E-state index contributed by atoms with van der Waals surface area (Å²) in [5.74, 6) is -0.270. The number of aromatic carboxylic acids is 1. The highest BCUT2D eigenvalue weighted by molar-refractivity contribution is 5.88. The molecule has 0 aromatic heterocycles. The highest BCUT2D eigenvalue weighted by Crippen LogP contribution is 2.19. The van der Waals surface area contributed by atoms with Gasteiger partial charge in [-0.3, -0.25) is 0 Å². The molecule has 1 aliphatic heterocycles. The van der Waals surface area contributed by atoms with E-state index in [0.717, 1.165) is 25.3 Å². The molecular formula is C14H20N2O2. The van der Waals surface area contributed by atoms with Crippen molar-refractivity contribution >= 4 is 11.7 Å². The van der Waals surface area contributed by atoms with Crippen molar-refractivity contribution in [3.63, 3.8) is 0 Å². The second-order valence-electron chi connectivity index (χ2n) is 5.10. The second kappa shape index (κ2) is 5.40. The Morgan fingerprint density at radius 1 is 1.39 bits per heavy atom. The zero-order valence-electron chi connectivity index (χ0n) is 10.9. The lowest BCUT2D eigenvalue weighted by Crippen LogP contribution is -2.52. The predicted octanol–water partition coefficient (Wildman–Crippen LogP) is 1.82. The third-order valence-corrected chi connectivity index (χ3v) is 3.49. The Morgan fingerprint density at radius 2 is 2.06 bits per heavy atom. The van der Waals surface area contributed by atoms with Gasteiger partial charge in [0.05, 0.1) is 5.56 Å². The van der Waals surface area contributed by atoms with E-state index in [9.17, 15) is 4.79 Å². The van der Waals surface area contributed by atoms with Gasteiger partial charge in [0.1, 0.15) is 0 Å². The molecule has 1 aromatic carbocycles. The lowest BCUT2D eigenvalue weighted by molar-refractivity contribution is 0.0697. The number of piperazine rings is 1. The van der Waals surface area contributed by atoms with Gasteiger partial charge >= 0.3 is 5.97 Å². The van der Waals surface area contributed by atoms with Crippen LogP contribution in [0.2, 0.25) is 0 Å². The van der Waals surface area contributed by atoms with Gasteiger partial charge in [0.25, 0.3) is 0 Å². The fraction of sp³-hybridized carbons (Fsp3) is 0.500. The molecule has 0 unspecified atom stereocenters. The van der Waals surface area contributed by atoms with Gasteiger partial charge in [-0.25, -0.2) is 4.79 Å². The Labute approximate surface area is 108 Å². The molecule has 1 aliphatic rings. The first-order valence-corrected chi connectivity index (χ1v) is 6.39. The number of hydrogen-bond acceptors (Lipinski definition) is 3.